The van der Waals surface area contributed by atoms with E-state index in [0.717, 1.165) is 57.0 Å². The SMILES string of the molecule is Cc1cnn(C2CCN(C(=O)NC(c3nnc4n3CCC4)C(C)C)CC2)c1. The molecular formula is C19H29N7O. The highest BCUT2D eigenvalue weighted by molar-refractivity contribution is 5.74. The Morgan fingerprint density at radius 2 is 2.00 bits per heavy atom. The topological polar surface area (TPSA) is 80.9 Å². The number of aryl methyl sites for hydroxylation is 2. The van der Waals surface area contributed by atoms with Gasteiger partial charge in [0, 0.05) is 32.3 Å². The zero-order valence-electron chi connectivity index (χ0n) is 16.4. The summed E-state index contributed by atoms with van der Waals surface area (Å²) >= 11 is 0. The Balaban J connectivity index is 1.39. The molecule has 0 aliphatic carbocycles. The number of piperidine rings is 1. The third-order valence-electron chi connectivity index (χ3n) is 5.72. The van der Waals surface area contributed by atoms with Crippen LogP contribution in [0.5, 0.6) is 0 Å². The lowest BCUT2D eigenvalue weighted by atomic mass is 10.0. The average Bonchev–Trinajstić information content (AvgIpc) is 3.36. The smallest absolute Gasteiger partial charge is 0.317 e. The fourth-order valence-corrected chi connectivity index (χ4v) is 4.12. The van der Waals surface area contributed by atoms with Gasteiger partial charge < -0.3 is 14.8 Å². The Hall–Kier alpha value is -2.38. The Labute approximate surface area is 159 Å². The van der Waals surface area contributed by atoms with E-state index in [-0.39, 0.29) is 18.0 Å². The summed E-state index contributed by atoms with van der Waals surface area (Å²) in [5.74, 6) is 2.19. The molecule has 0 aromatic carbocycles. The number of urea groups is 1. The predicted octanol–water partition coefficient (Wildman–Crippen LogP) is 2.47. The van der Waals surface area contributed by atoms with Crippen molar-refractivity contribution < 1.29 is 4.79 Å². The van der Waals surface area contributed by atoms with Crippen molar-refractivity contribution in [3.63, 3.8) is 0 Å². The van der Waals surface area contributed by atoms with E-state index in [1.54, 1.807) is 0 Å². The first-order valence-electron chi connectivity index (χ1n) is 10.0. The van der Waals surface area contributed by atoms with Crippen molar-refractivity contribution in [3.8, 4) is 0 Å². The Bertz CT molecular complexity index is 801. The van der Waals surface area contributed by atoms with Crippen molar-refractivity contribution in [2.24, 2.45) is 5.92 Å². The molecule has 2 aliphatic heterocycles. The van der Waals surface area contributed by atoms with Crippen LogP contribution in [0.25, 0.3) is 0 Å². The first-order valence-corrected chi connectivity index (χ1v) is 10.0. The number of aromatic nitrogens is 5. The fourth-order valence-electron chi connectivity index (χ4n) is 4.12. The number of likely N-dealkylation sites (tertiary alicyclic amines) is 1. The number of amides is 2. The lowest BCUT2D eigenvalue weighted by Gasteiger charge is -2.33. The van der Waals surface area contributed by atoms with E-state index in [1.807, 2.05) is 15.8 Å². The van der Waals surface area contributed by atoms with Crippen LogP contribution in [-0.2, 0) is 13.0 Å². The standard InChI is InChI=1S/C19H29N7O/c1-13(2)17(18-23-22-16-5-4-8-25(16)18)21-19(27)24-9-6-15(7-10-24)26-12-14(3)11-20-26/h11-13,15,17H,4-10H2,1-3H3,(H,21,27). The molecule has 2 aromatic heterocycles. The summed E-state index contributed by atoms with van der Waals surface area (Å²) in [7, 11) is 0. The maximum atomic E-state index is 12.9. The minimum Gasteiger partial charge on any atom is -0.328 e. The van der Waals surface area contributed by atoms with Crippen molar-refractivity contribution in [1.29, 1.82) is 0 Å². The van der Waals surface area contributed by atoms with Crippen molar-refractivity contribution in [1.82, 2.24) is 34.8 Å². The molecule has 146 valence electrons. The number of carbonyl (C=O) groups excluding carboxylic acids is 1. The number of hydrogen-bond donors (Lipinski definition) is 1. The summed E-state index contributed by atoms with van der Waals surface area (Å²) in [6.45, 7) is 8.74. The van der Waals surface area contributed by atoms with Gasteiger partial charge in [-0.25, -0.2) is 4.79 Å². The summed E-state index contributed by atoms with van der Waals surface area (Å²) in [6, 6.07) is 0.269. The van der Waals surface area contributed by atoms with Gasteiger partial charge in [0.2, 0.25) is 0 Å². The summed E-state index contributed by atoms with van der Waals surface area (Å²) in [6.07, 6.45) is 7.93. The Kier molecular flexibility index (Phi) is 4.88. The van der Waals surface area contributed by atoms with Gasteiger partial charge in [-0.2, -0.15) is 5.10 Å². The molecule has 0 spiro atoms. The second kappa shape index (κ2) is 7.32. The second-order valence-electron chi connectivity index (χ2n) is 8.12. The number of hydrogen-bond acceptors (Lipinski definition) is 4. The molecule has 8 heteroatoms. The molecule has 27 heavy (non-hydrogen) atoms. The predicted molar refractivity (Wildman–Crippen MR) is 101 cm³/mol. The molecule has 1 fully saturated rings. The second-order valence-corrected chi connectivity index (χ2v) is 8.12. The summed E-state index contributed by atoms with van der Waals surface area (Å²) < 4.78 is 4.22. The van der Waals surface area contributed by atoms with E-state index in [0.29, 0.717) is 6.04 Å². The molecule has 1 N–H and O–H groups in total. The van der Waals surface area contributed by atoms with E-state index >= 15 is 0 Å². The van der Waals surface area contributed by atoms with Crippen LogP contribution in [0.15, 0.2) is 12.4 Å². The number of carbonyl (C=O) groups is 1. The van der Waals surface area contributed by atoms with Crippen LogP contribution in [0.3, 0.4) is 0 Å². The number of nitrogens with one attached hydrogen (secondary N) is 1. The van der Waals surface area contributed by atoms with Gasteiger partial charge in [0.05, 0.1) is 18.3 Å². The van der Waals surface area contributed by atoms with E-state index in [2.05, 4.69) is 52.1 Å². The van der Waals surface area contributed by atoms with Crippen molar-refractivity contribution in [2.75, 3.05) is 13.1 Å². The molecule has 8 nitrogen and oxygen atoms in total. The quantitative estimate of drug-likeness (QED) is 0.895. The third kappa shape index (κ3) is 3.57. The first-order chi connectivity index (χ1) is 13.0. The van der Waals surface area contributed by atoms with Crippen LogP contribution in [0.4, 0.5) is 4.79 Å². The molecular weight excluding hydrogens is 342 g/mol. The molecule has 2 amide bonds. The van der Waals surface area contributed by atoms with Crippen LogP contribution in [0.1, 0.15) is 62.4 Å². The highest BCUT2D eigenvalue weighted by Gasteiger charge is 2.30. The molecule has 2 aliphatic rings. The van der Waals surface area contributed by atoms with E-state index in [4.69, 9.17) is 0 Å². The van der Waals surface area contributed by atoms with Gasteiger partial charge in [0.1, 0.15) is 5.82 Å². The molecule has 4 heterocycles. The lowest BCUT2D eigenvalue weighted by Crippen LogP contribution is -2.47. The summed E-state index contributed by atoms with van der Waals surface area (Å²) in [5.41, 5.74) is 1.18. The molecule has 4 rings (SSSR count). The molecule has 0 bridgehead atoms. The molecule has 1 unspecified atom stereocenters. The normalized spacial score (nSPS) is 18.7. The molecule has 2 aromatic rings. The number of rotatable bonds is 4. The average molecular weight is 371 g/mol. The van der Waals surface area contributed by atoms with E-state index in [9.17, 15) is 4.79 Å². The highest BCUT2D eigenvalue weighted by atomic mass is 16.2. The van der Waals surface area contributed by atoms with Gasteiger partial charge in [-0.05, 0) is 37.7 Å². The Morgan fingerprint density at radius 1 is 1.22 bits per heavy atom. The maximum Gasteiger partial charge on any atom is 0.317 e. The largest absolute Gasteiger partial charge is 0.328 e. The van der Waals surface area contributed by atoms with Crippen LogP contribution < -0.4 is 5.32 Å². The number of nitrogens with zero attached hydrogens (tertiary/aromatic N) is 6. The zero-order chi connectivity index (χ0) is 19.0. The molecule has 1 saturated heterocycles. The van der Waals surface area contributed by atoms with Gasteiger partial charge >= 0.3 is 6.03 Å². The Morgan fingerprint density at radius 3 is 2.67 bits per heavy atom. The highest BCUT2D eigenvalue weighted by Crippen LogP contribution is 2.26. The maximum absolute atomic E-state index is 12.9. The lowest BCUT2D eigenvalue weighted by molar-refractivity contribution is 0.162. The first kappa shape index (κ1) is 18.0. The van der Waals surface area contributed by atoms with Gasteiger partial charge in [-0.3, -0.25) is 4.68 Å². The summed E-state index contributed by atoms with van der Waals surface area (Å²) in [4.78, 5) is 14.8. The van der Waals surface area contributed by atoms with Gasteiger partial charge in [0.15, 0.2) is 5.82 Å². The molecule has 0 radical (unpaired) electrons. The van der Waals surface area contributed by atoms with E-state index < -0.39 is 0 Å². The zero-order valence-corrected chi connectivity index (χ0v) is 16.4. The minimum absolute atomic E-state index is 0.000794. The van der Waals surface area contributed by atoms with Gasteiger partial charge in [-0.1, -0.05) is 13.8 Å². The summed E-state index contributed by atoms with van der Waals surface area (Å²) in [5, 5.41) is 16.3. The van der Waals surface area contributed by atoms with Crippen LogP contribution in [0, 0.1) is 12.8 Å². The minimum atomic E-state index is -0.108. The van der Waals surface area contributed by atoms with Crippen LogP contribution in [-0.4, -0.2) is 48.6 Å². The molecule has 0 saturated carbocycles. The van der Waals surface area contributed by atoms with Crippen molar-refractivity contribution in [2.45, 2.75) is 65.1 Å². The van der Waals surface area contributed by atoms with E-state index in [1.165, 1.54) is 5.56 Å². The van der Waals surface area contributed by atoms with Crippen LogP contribution >= 0.6 is 0 Å². The molecule has 1 atom stereocenters. The number of fused-ring (bicyclic) bond motifs is 1. The van der Waals surface area contributed by atoms with Crippen LogP contribution in [0.2, 0.25) is 0 Å². The van der Waals surface area contributed by atoms with Gasteiger partial charge in [-0.15, -0.1) is 10.2 Å². The van der Waals surface area contributed by atoms with Crippen molar-refractivity contribution >= 4 is 6.03 Å². The van der Waals surface area contributed by atoms with Gasteiger partial charge in [0.25, 0.3) is 0 Å². The fraction of sp³-hybridized carbons (Fsp3) is 0.684. The van der Waals surface area contributed by atoms with Crippen molar-refractivity contribution in [3.05, 3.63) is 29.6 Å². The monoisotopic (exact) mass is 371 g/mol. The third-order valence-corrected chi connectivity index (χ3v) is 5.72.